The van der Waals surface area contributed by atoms with Gasteiger partial charge in [0.2, 0.25) is 5.91 Å². The van der Waals surface area contributed by atoms with Crippen molar-refractivity contribution in [2.75, 3.05) is 17.4 Å². The summed E-state index contributed by atoms with van der Waals surface area (Å²) in [5.74, 6) is -0.336. The Morgan fingerprint density at radius 3 is 2.33 bits per heavy atom. The van der Waals surface area contributed by atoms with Crippen LogP contribution in [-0.4, -0.2) is 27.4 Å². The fourth-order valence-corrected chi connectivity index (χ4v) is 3.99. The standard InChI is InChI=1S/C18H22N2O3S/c1-4-19-18(21)13-20(17-11-10-14(2)12-15(17)3)24(22,23)16-8-6-5-7-9-16/h5-12H,4,13H2,1-3H3,(H,19,21). The number of anilines is 1. The van der Waals surface area contributed by atoms with E-state index in [0.717, 1.165) is 11.1 Å². The molecule has 0 fully saturated rings. The minimum absolute atomic E-state index is 0.161. The summed E-state index contributed by atoms with van der Waals surface area (Å²) in [4.78, 5) is 12.2. The number of rotatable bonds is 6. The molecule has 1 N–H and O–H groups in total. The van der Waals surface area contributed by atoms with Gasteiger partial charge >= 0.3 is 0 Å². The van der Waals surface area contributed by atoms with Gasteiger partial charge in [-0.15, -0.1) is 0 Å². The third-order valence-corrected chi connectivity index (χ3v) is 5.39. The maximum Gasteiger partial charge on any atom is 0.264 e. The van der Waals surface area contributed by atoms with E-state index in [1.165, 1.54) is 16.4 Å². The van der Waals surface area contributed by atoms with Crippen LogP contribution in [0.1, 0.15) is 18.1 Å². The molecular formula is C18H22N2O3S. The van der Waals surface area contributed by atoms with Gasteiger partial charge in [0.05, 0.1) is 10.6 Å². The van der Waals surface area contributed by atoms with Crippen molar-refractivity contribution in [2.45, 2.75) is 25.7 Å². The van der Waals surface area contributed by atoms with Crippen molar-refractivity contribution in [2.24, 2.45) is 0 Å². The summed E-state index contributed by atoms with van der Waals surface area (Å²) < 4.78 is 27.3. The minimum atomic E-state index is -3.83. The van der Waals surface area contributed by atoms with Crippen LogP contribution in [0, 0.1) is 13.8 Å². The van der Waals surface area contributed by atoms with E-state index in [4.69, 9.17) is 0 Å². The van der Waals surface area contributed by atoms with Crippen LogP contribution in [0.25, 0.3) is 0 Å². The smallest absolute Gasteiger partial charge is 0.264 e. The Balaban J connectivity index is 2.52. The zero-order valence-corrected chi connectivity index (χ0v) is 14.9. The highest BCUT2D eigenvalue weighted by Gasteiger charge is 2.27. The zero-order valence-electron chi connectivity index (χ0n) is 14.1. The number of sulfonamides is 1. The van der Waals surface area contributed by atoms with Gasteiger partial charge in [-0.05, 0) is 44.5 Å². The van der Waals surface area contributed by atoms with Gasteiger partial charge in [-0.3, -0.25) is 9.10 Å². The first kappa shape index (κ1) is 18.0. The molecule has 2 aromatic rings. The number of carbonyl (C=O) groups is 1. The summed E-state index contributed by atoms with van der Waals surface area (Å²) in [5.41, 5.74) is 2.35. The molecule has 1 amide bonds. The van der Waals surface area contributed by atoms with Crippen LogP contribution in [0.5, 0.6) is 0 Å². The maximum atomic E-state index is 13.1. The van der Waals surface area contributed by atoms with Crippen LogP contribution < -0.4 is 9.62 Å². The highest BCUT2D eigenvalue weighted by atomic mass is 32.2. The van der Waals surface area contributed by atoms with E-state index in [2.05, 4.69) is 5.32 Å². The molecule has 0 saturated carbocycles. The number of carbonyl (C=O) groups excluding carboxylic acids is 1. The van der Waals surface area contributed by atoms with E-state index >= 15 is 0 Å². The fourth-order valence-electron chi connectivity index (χ4n) is 2.49. The molecule has 2 aromatic carbocycles. The lowest BCUT2D eigenvalue weighted by atomic mass is 10.1. The SMILES string of the molecule is CCNC(=O)CN(c1ccc(C)cc1C)S(=O)(=O)c1ccccc1. The first-order chi connectivity index (χ1) is 11.4. The Hall–Kier alpha value is -2.34. The van der Waals surface area contributed by atoms with Crippen LogP contribution in [0.4, 0.5) is 5.69 Å². The molecule has 0 heterocycles. The monoisotopic (exact) mass is 346 g/mol. The highest BCUT2D eigenvalue weighted by molar-refractivity contribution is 7.92. The van der Waals surface area contributed by atoms with Gasteiger partial charge in [0.25, 0.3) is 10.0 Å². The largest absolute Gasteiger partial charge is 0.355 e. The second kappa shape index (κ2) is 7.49. The van der Waals surface area contributed by atoms with E-state index < -0.39 is 10.0 Å². The van der Waals surface area contributed by atoms with Gasteiger partial charge in [-0.25, -0.2) is 8.42 Å². The van der Waals surface area contributed by atoms with E-state index in [1.54, 1.807) is 31.2 Å². The van der Waals surface area contributed by atoms with Crippen molar-refractivity contribution in [3.63, 3.8) is 0 Å². The molecule has 128 valence electrons. The molecule has 2 rings (SSSR count). The molecule has 24 heavy (non-hydrogen) atoms. The molecule has 0 bridgehead atoms. The molecule has 0 aliphatic heterocycles. The van der Waals surface area contributed by atoms with Gasteiger partial charge in [-0.1, -0.05) is 35.9 Å². The van der Waals surface area contributed by atoms with Crippen molar-refractivity contribution >= 4 is 21.6 Å². The van der Waals surface area contributed by atoms with Crippen molar-refractivity contribution in [1.29, 1.82) is 0 Å². The zero-order chi connectivity index (χ0) is 17.7. The highest BCUT2D eigenvalue weighted by Crippen LogP contribution is 2.27. The average Bonchev–Trinajstić information content (AvgIpc) is 2.54. The Morgan fingerprint density at radius 1 is 1.08 bits per heavy atom. The quantitative estimate of drug-likeness (QED) is 0.874. The summed E-state index contributed by atoms with van der Waals surface area (Å²) >= 11 is 0. The van der Waals surface area contributed by atoms with E-state index in [-0.39, 0.29) is 17.3 Å². The van der Waals surface area contributed by atoms with Crippen LogP contribution in [0.3, 0.4) is 0 Å². The molecule has 0 atom stereocenters. The summed E-state index contributed by atoms with van der Waals surface area (Å²) in [6.45, 7) is 5.77. The molecule has 0 spiro atoms. The molecule has 0 radical (unpaired) electrons. The number of benzene rings is 2. The molecule has 0 saturated heterocycles. The van der Waals surface area contributed by atoms with Crippen molar-refractivity contribution in [3.05, 3.63) is 59.7 Å². The van der Waals surface area contributed by atoms with E-state index in [1.807, 2.05) is 26.0 Å². The van der Waals surface area contributed by atoms with Gasteiger partial charge < -0.3 is 5.32 Å². The fraction of sp³-hybridized carbons (Fsp3) is 0.278. The van der Waals surface area contributed by atoms with E-state index in [9.17, 15) is 13.2 Å². The first-order valence-corrected chi connectivity index (χ1v) is 9.22. The summed E-state index contributed by atoms with van der Waals surface area (Å²) in [5, 5.41) is 2.66. The number of hydrogen-bond donors (Lipinski definition) is 1. The Kier molecular flexibility index (Phi) is 5.62. The Labute approximate surface area is 143 Å². The second-order valence-corrected chi connectivity index (χ2v) is 7.43. The maximum absolute atomic E-state index is 13.1. The number of hydrogen-bond acceptors (Lipinski definition) is 3. The summed E-state index contributed by atoms with van der Waals surface area (Å²) in [6, 6.07) is 13.6. The first-order valence-electron chi connectivity index (χ1n) is 7.78. The average molecular weight is 346 g/mol. The third-order valence-electron chi connectivity index (χ3n) is 3.61. The summed E-state index contributed by atoms with van der Waals surface area (Å²) in [7, 11) is -3.83. The van der Waals surface area contributed by atoms with Crippen LogP contribution >= 0.6 is 0 Å². The van der Waals surface area contributed by atoms with Crippen molar-refractivity contribution in [1.82, 2.24) is 5.32 Å². The molecule has 0 aliphatic rings. The van der Waals surface area contributed by atoms with Crippen LogP contribution in [0.2, 0.25) is 0 Å². The van der Waals surface area contributed by atoms with Gasteiger partial charge in [0.1, 0.15) is 6.54 Å². The number of nitrogens with zero attached hydrogens (tertiary/aromatic N) is 1. The predicted octanol–water partition coefficient (Wildman–Crippen LogP) is 2.63. The molecule has 0 unspecified atom stereocenters. The lowest BCUT2D eigenvalue weighted by molar-refractivity contribution is -0.119. The second-order valence-electron chi connectivity index (χ2n) is 5.57. The number of amides is 1. The van der Waals surface area contributed by atoms with Crippen molar-refractivity contribution in [3.8, 4) is 0 Å². The normalized spacial score (nSPS) is 11.1. The summed E-state index contributed by atoms with van der Waals surface area (Å²) in [6.07, 6.45) is 0. The van der Waals surface area contributed by atoms with E-state index in [0.29, 0.717) is 12.2 Å². The molecule has 0 aromatic heterocycles. The van der Waals surface area contributed by atoms with Gasteiger partial charge in [0.15, 0.2) is 0 Å². The number of aryl methyl sites for hydroxylation is 2. The van der Waals surface area contributed by atoms with Crippen LogP contribution in [-0.2, 0) is 14.8 Å². The molecule has 0 aliphatic carbocycles. The van der Waals surface area contributed by atoms with Crippen molar-refractivity contribution < 1.29 is 13.2 Å². The molecule has 5 nitrogen and oxygen atoms in total. The lowest BCUT2D eigenvalue weighted by Crippen LogP contribution is -2.41. The number of likely N-dealkylation sites (N-methyl/N-ethyl adjacent to an activating group) is 1. The Bertz CT molecular complexity index is 817. The van der Waals surface area contributed by atoms with Crippen LogP contribution in [0.15, 0.2) is 53.4 Å². The van der Waals surface area contributed by atoms with Gasteiger partial charge in [-0.2, -0.15) is 0 Å². The topological polar surface area (TPSA) is 66.5 Å². The predicted molar refractivity (Wildman–Crippen MR) is 95.6 cm³/mol. The molecule has 6 heteroatoms. The molecular weight excluding hydrogens is 324 g/mol. The number of nitrogens with one attached hydrogen (secondary N) is 1. The lowest BCUT2D eigenvalue weighted by Gasteiger charge is -2.25. The van der Waals surface area contributed by atoms with Gasteiger partial charge in [0, 0.05) is 6.54 Å². The minimum Gasteiger partial charge on any atom is -0.355 e. The third kappa shape index (κ3) is 3.94. The Morgan fingerprint density at radius 2 is 1.75 bits per heavy atom.